The van der Waals surface area contributed by atoms with Crippen LogP contribution in [0.3, 0.4) is 0 Å². The molecule has 0 heterocycles. The molecule has 21 heavy (non-hydrogen) atoms. The minimum absolute atomic E-state index is 0.0545. The Morgan fingerprint density at radius 2 is 1.90 bits per heavy atom. The van der Waals surface area contributed by atoms with E-state index in [4.69, 9.17) is 5.73 Å². The third kappa shape index (κ3) is 3.81. The molecule has 110 valence electrons. The topological polar surface area (TPSA) is 46.3 Å². The summed E-state index contributed by atoms with van der Waals surface area (Å²) in [5, 5.41) is 0. The van der Waals surface area contributed by atoms with E-state index in [9.17, 15) is 9.18 Å². The molecule has 0 atom stereocenters. The number of nitrogen functional groups attached to an aromatic ring is 1. The van der Waals surface area contributed by atoms with Crippen LogP contribution in [0, 0.1) is 5.82 Å². The SMILES string of the molecule is CCN(CCc1ccccc1)C(=O)c1ccc(N)c(F)c1. The molecule has 0 aromatic heterocycles. The molecule has 1 amide bonds. The molecule has 0 aliphatic rings. The molecular formula is C17H19FN2O. The number of amides is 1. The lowest BCUT2D eigenvalue weighted by atomic mass is 10.1. The fourth-order valence-corrected chi connectivity index (χ4v) is 2.15. The van der Waals surface area contributed by atoms with Crippen molar-refractivity contribution in [3.05, 3.63) is 65.5 Å². The maximum Gasteiger partial charge on any atom is 0.253 e. The summed E-state index contributed by atoms with van der Waals surface area (Å²) in [6.07, 6.45) is 0.776. The largest absolute Gasteiger partial charge is 0.396 e. The smallest absolute Gasteiger partial charge is 0.253 e. The highest BCUT2D eigenvalue weighted by Gasteiger charge is 2.15. The normalized spacial score (nSPS) is 10.4. The van der Waals surface area contributed by atoms with Gasteiger partial charge in [0, 0.05) is 18.7 Å². The monoisotopic (exact) mass is 286 g/mol. The fraction of sp³-hybridized carbons (Fsp3) is 0.235. The first-order chi connectivity index (χ1) is 10.1. The number of carbonyl (C=O) groups is 1. The second-order valence-electron chi connectivity index (χ2n) is 4.86. The molecule has 0 saturated heterocycles. The predicted molar refractivity (Wildman–Crippen MR) is 82.5 cm³/mol. The fourth-order valence-electron chi connectivity index (χ4n) is 2.15. The van der Waals surface area contributed by atoms with Crippen LogP contribution in [0.4, 0.5) is 10.1 Å². The summed E-state index contributed by atoms with van der Waals surface area (Å²) in [5.41, 5.74) is 6.99. The lowest BCUT2D eigenvalue weighted by molar-refractivity contribution is 0.0765. The van der Waals surface area contributed by atoms with Crippen molar-refractivity contribution in [3.8, 4) is 0 Å². The third-order valence-electron chi connectivity index (χ3n) is 3.43. The third-order valence-corrected chi connectivity index (χ3v) is 3.43. The van der Waals surface area contributed by atoms with Crippen LogP contribution in [0.2, 0.25) is 0 Å². The molecule has 0 unspecified atom stereocenters. The number of hydrogen-bond acceptors (Lipinski definition) is 2. The first-order valence-corrected chi connectivity index (χ1v) is 7.00. The van der Waals surface area contributed by atoms with Crippen LogP contribution in [0.25, 0.3) is 0 Å². The van der Waals surface area contributed by atoms with E-state index in [1.54, 1.807) is 11.0 Å². The molecule has 0 aliphatic heterocycles. The maximum absolute atomic E-state index is 13.5. The second-order valence-corrected chi connectivity index (χ2v) is 4.86. The molecule has 2 aromatic rings. The lowest BCUT2D eigenvalue weighted by Gasteiger charge is -2.21. The highest BCUT2D eigenvalue weighted by atomic mass is 19.1. The average molecular weight is 286 g/mol. The van der Waals surface area contributed by atoms with E-state index >= 15 is 0 Å². The maximum atomic E-state index is 13.5. The van der Waals surface area contributed by atoms with Crippen LogP contribution in [-0.4, -0.2) is 23.9 Å². The van der Waals surface area contributed by atoms with E-state index in [0.29, 0.717) is 18.7 Å². The number of rotatable bonds is 5. The van der Waals surface area contributed by atoms with Crippen molar-refractivity contribution in [2.75, 3.05) is 18.8 Å². The Kier molecular flexibility index (Phi) is 4.93. The molecule has 0 bridgehead atoms. The number of carbonyl (C=O) groups excluding carboxylic acids is 1. The standard InChI is InChI=1S/C17H19FN2O/c1-2-20(11-10-13-6-4-3-5-7-13)17(21)14-8-9-16(19)15(18)12-14/h3-9,12H,2,10-11,19H2,1H3. The molecule has 2 aromatic carbocycles. The van der Waals surface area contributed by atoms with Gasteiger partial charge in [-0.25, -0.2) is 4.39 Å². The quantitative estimate of drug-likeness (QED) is 0.858. The zero-order valence-corrected chi connectivity index (χ0v) is 12.1. The van der Waals surface area contributed by atoms with Crippen molar-refractivity contribution in [1.82, 2.24) is 4.90 Å². The molecule has 2 N–H and O–H groups in total. The minimum Gasteiger partial charge on any atom is -0.396 e. The molecule has 0 fully saturated rings. The number of nitrogens with zero attached hydrogens (tertiary/aromatic N) is 1. The van der Waals surface area contributed by atoms with Gasteiger partial charge in [-0.05, 0) is 37.1 Å². The van der Waals surface area contributed by atoms with E-state index in [-0.39, 0.29) is 11.6 Å². The summed E-state index contributed by atoms with van der Waals surface area (Å²) in [4.78, 5) is 14.1. The van der Waals surface area contributed by atoms with Gasteiger partial charge in [-0.2, -0.15) is 0 Å². The van der Waals surface area contributed by atoms with Gasteiger partial charge in [0.25, 0.3) is 5.91 Å². The Hall–Kier alpha value is -2.36. The molecule has 0 spiro atoms. The Morgan fingerprint density at radius 3 is 2.52 bits per heavy atom. The van der Waals surface area contributed by atoms with E-state index in [1.165, 1.54) is 17.7 Å². The van der Waals surface area contributed by atoms with Gasteiger partial charge in [-0.15, -0.1) is 0 Å². The minimum atomic E-state index is -0.556. The lowest BCUT2D eigenvalue weighted by Crippen LogP contribution is -2.32. The van der Waals surface area contributed by atoms with Crippen LogP contribution in [0.1, 0.15) is 22.8 Å². The van der Waals surface area contributed by atoms with Crippen LogP contribution in [0.15, 0.2) is 48.5 Å². The molecule has 3 nitrogen and oxygen atoms in total. The summed E-state index contributed by atoms with van der Waals surface area (Å²) in [6.45, 7) is 3.10. The summed E-state index contributed by atoms with van der Waals surface area (Å²) in [7, 11) is 0. The Balaban J connectivity index is 2.06. The summed E-state index contributed by atoms with van der Waals surface area (Å²) < 4.78 is 13.5. The van der Waals surface area contributed by atoms with Crippen molar-refractivity contribution in [2.24, 2.45) is 0 Å². The number of halogens is 1. The summed E-state index contributed by atoms with van der Waals surface area (Å²) >= 11 is 0. The van der Waals surface area contributed by atoms with Crippen LogP contribution >= 0.6 is 0 Å². The average Bonchev–Trinajstić information content (AvgIpc) is 2.51. The van der Waals surface area contributed by atoms with Gasteiger partial charge in [-0.1, -0.05) is 30.3 Å². The van der Waals surface area contributed by atoms with Crippen molar-refractivity contribution in [3.63, 3.8) is 0 Å². The summed E-state index contributed by atoms with van der Waals surface area (Å²) in [6, 6.07) is 14.2. The highest BCUT2D eigenvalue weighted by molar-refractivity contribution is 5.94. The van der Waals surface area contributed by atoms with E-state index in [2.05, 4.69) is 0 Å². The van der Waals surface area contributed by atoms with Gasteiger partial charge in [0.1, 0.15) is 5.82 Å². The van der Waals surface area contributed by atoms with E-state index in [0.717, 1.165) is 6.42 Å². The first kappa shape index (κ1) is 15.0. The van der Waals surface area contributed by atoms with Crippen molar-refractivity contribution in [2.45, 2.75) is 13.3 Å². The van der Waals surface area contributed by atoms with Crippen LogP contribution in [0.5, 0.6) is 0 Å². The number of nitrogens with two attached hydrogens (primary N) is 1. The molecule has 0 aliphatic carbocycles. The number of likely N-dealkylation sites (N-methyl/N-ethyl adjacent to an activating group) is 1. The first-order valence-electron chi connectivity index (χ1n) is 7.00. The van der Waals surface area contributed by atoms with Crippen molar-refractivity contribution >= 4 is 11.6 Å². The number of hydrogen-bond donors (Lipinski definition) is 1. The molecule has 4 heteroatoms. The highest BCUT2D eigenvalue weighted by Crippen LogP contribution is 2.14. The Bertz CT molecular complexity index is 613. The van der Waals surface area contributed by atoms with Crippen molar-refractivity contribution in [1.29, 1.82) is 0 Å². The summed E-state index contributed by atoms with van der Waals surface area (Å²) in [5.74, 6) is -0.729. The van der Waals surface area contributed by atoms with Gasteiger partial charge >= 0.3 is 0 Å². The molecule has 0 saturated carbocycles. The van der Waals surface area contributed by atoms with E-state index < -0.39 is 5.82 Å². The van der Waals surface area contributed by atoms with Crippen LogP contribution in [-0.2, 0) is 6.42 Å². The molecule has 0 radical (unpaired) electrons. The van der Waals surface area contributed by atoms with Gasteiger partial charge in [0.2, 0.25) is 0 Å². The zero-order valence-electron chi connectivity index (χ0n) is 12.1. The van der Waals surface area contributed by atoms with E-state index in [1.807, 2.05) is 37.3 Å². The molecular weight excluding hydrogens is 267 g/mol. The number of anilines is 1. The van der Waals surface area contributed by atoms with Crippen LogP contribution < -0.4 is 5.73 Å². The van der Waals surface area contributed by atoms with Gasteiger partial charge < -0.3 is 10.6 Å². The Labute approximate surface area is 124 Å². The van der Waals surface area contributed by atoms with Gasteiger partial charge in [0.15, 0.2) is 0 Å². The number of benzene rings is 2. The molecule has 2 rings (SSSR count). The predicted octanol–water partition coefficient (Wildman–Crippen LogP) is 3.11. The van der Waals surface area contributed by atoms with Gasteiger partial charge in [-0.3, -0.25) is 4.79 Å². The zero-order chi connectivity index (χ0) is 15.2. The second kappa shape index (κ2) is 6.88. The van der Waals surface area contributed by atoms with Crippen molar-refractivity contribution < 1.29 is 9.18 Å². The Morgan fingerprint density at radius 1 is 1.19 bits per heavy atom. The van der Waals surface area contributed by atoms with Gasteiger partial charge in [0.05, 0.1) is 5.69 Å².